The predicted molar refractivity (Wildman–Crippen MR) is 124 cm³/mol. The summed E-state index contributed by atoms with van der Waals surface area (Å²) in [6.45, 7) is 4.01. The number of hydrogen-bond donors (Lipinski definition) is 0. The Bertz CT molecular complexity index is 1130. The lowest BCUT2D eigenvalue weighted by Gasteiger charge is -2.41. The van der Waals surface area contributed by atoms with Crippen LogP contribution in [0.5, 0.6) is 17.2 Å². The van der Waals surface area contributed by atoms with Crippen LogP contribution in [0.3, 0.4) is 0 Å². The number of carbonyl (C=O) groups excluding carboxylic acids is 1. The summed E-state index contributed by atoms with van der Waals surface area (Å²) < 4.78 is 30.4. The first-order valence-electron chi connectivity index (χ1n) is 10.9. The highest BCUT2D eigenvalue weighted by Gasteiger charge is 2.41. The van der Waals surface area contributed by atoms with Crippen LogP contribution in [0.25, 0.3) is 0 Å². The van der Waals surface area contributed by atoms with Gasteiger partial charge in [0.2, 0.25) is 0 Å². The molecule has 0 saturated carbocycles. The molecule has 0 radical (unpaired) electrons. The average molecular weight is 450 g/mol. The van der Waals surface area contributed by atoms with E-state index in [1.54, 1.807) is 28.1 Å². The Morgan fingerprint density at radius 1 is 0.970 bits per heavy atom. The summed E-state index contributed by atoms with van der Waals surface area (Å²) in [5.41, 5.74) is 1.95. The van der Waals surface area contributed by atoms with Crippen molar-refractivity contribution in [3.63, 3.8) is 0 Å². The van der Waals surface area contributed by atoms with Gasteiger partial charge in [0, 0.05) is 6.54 Å². The summed E-state index contributed by atoms with van der Waals surface area (Å²) in [5.74, 6) is 1.22. The molecule has 5 nitrogen and oxygen atoms in total. The van der Waals surface area contributed by atoms with Crippen LogP contribution in [0.2, 0.25) is 0 Å². The Labute approximate surface area is 193 Å². The van der Waals surface area contributed by atoms with Crippen molar-refractivity contribution in [2.24, 2.45) is 0 Å². The number of benzene rings is 3. The van der Waals surface area contributed by atoms with Crippen LogP contribution in [-0.2, 0) is 11.2 Å². The molecule has 0 saturated heterocycles. The largest absolute Gasteiger partial charge is 0.493 e. The SMILES string of the molecule is COc1cc2c(cc1OC)C(c1ccccc1)N(C(=O)C(C)(C)Oc1ccc(F)cc1)CC2. The second-order valence-corrected chi connectivity index (χ2v) is 8.53. The van der Waals surface area contributed by atoms with E-state index in [0.717, 1.165) is 16.7 Å². The topological polar surface area (TPSA) is 48.0 Å². The Kier molecular flexibility index (Phi) is 6.27. The van der Waals surface area contributed by atoms with Gasteiger partial charge in [-0.15, -0.1) is 0 Å². The smallest absolute Gasteiger partial charge is 0.266 e. The van der Waals surface area contributed by atoms with Gasteiger partial charge in [-0.3, -0.25) is 4.79 Å². The summed E-state index contributed by atoms with van der Waals surface area (Å²) in [5, 5.41) is 0. The van der Waals surface area contributed by atoms with Gasteiger partial charge in [0.15, 0.2) is 17.1 Å². The summed E-state index contributed by atoms with van der Waals surface area (Å²) in [6.07, 6.45) is 0.678. The molecule has 3 aromatic carbocycles. The number of methoxy groups -OCH3 is 2. The van der Waals surface area contributed by atoms with Crippen molar-refractivity contribution in [1.82, 2.24) is 4.90 Å². The molecule has 1 aliphatic heterocycles. The molecule has 33 heavy (non-hydrogen) atoms. The van der Waals surface area contributed by atoms with Crippen molar-refractivity contribution in [3.05, 3.63) is 89.2 Å². The fourth-order valence-electron chi connectivity index (χ4n) is 4.35. The van der Waals surface area contributed by atoms with Crippen molar-refractivity contribution < 1.29 is 23.4 Å². The minimum atomic E-state index is -1.15. The van der Waals surface area contributed by atoms with E-state index in [1.807, 2.05) is 47.4 Å². The van der Waals surface area contributed by atoms with Gasteiger partial charge in [0.05, 0.1) is 20.3 Å². The molecule has 0 aliphatic carbocycles. The lowest BCUT2D eigenvalue weighted by Crippen LogP contribution is -2.52. The van der Waals surface area contributed by atoms with Crippen molar-refractivity contribution in [2.75, 3.05) is 20.8 Å². The lowest BCUT2D eigenvalue weighted by atomic mass is 9.86. The van der Waals surface area contributed by atoms with Crippen molar-refractivity contribution in [2.45, 2.75) is 31.9 Å². The summed E-state index contributed by atoms with van der Waals surface area (Å²) in [6, 6.07) is 19.3. The monoisotopic (exact) mass is 449 g/mol. The van der Waals surface area contributed by atoms with Crippen LogP contribution in [0.4, 0.5) is 4.39 Å². The van der Waals surface area contributed by atoms with Gasteiger partial charge >= 0.3 is 0 Å². The number of carbonyl (C=O) groups is 1. The molecule has 0 aromatic heterocycles. The Morgan fingerprint density at radius 3 is 2.24 bits per heavy atom. The maximum absolute atomic E-state index is 13.8. The summed E-state index contributed by atoms with van der Waals surface area (Å²) in [7, 11) is 3.22. The minimum Gasteiger partial charge on any atom is -0.493 e. The van der Waals surface area contributed by atoms with Crippen LogP contribution in [0, 0.1) is 5.82 Å². The maximum atomic E-state index is 13.8. The highest BCUT2D eigenvalue weighted by Crippen LogP contribution is 2.42. The Balaban J connectivity index is 1.74. The zero-order valence-corrected chi connectivity index (χ0v) is 19.3. The number of hydrogen-bond acceptors (Lipinski definition) is 4. The molecule has 3 aromatic rings. The first-order valence-corrected chi connectivity index (χ1v) is 10.9. The number of nitrogens with zero attached hydrogens (tertiary/aromatic N) is 1. The number of rotatable bonds is 6. The average Bonchev–Trinajstić information content (AvgIpc) is 2.83. The minimum absolute atomic E-state index is 0.152. The highest BCUT2D eigenvalue weighted by atomic mass is 19.1. The highest BCUT2D eigenvalue weighted by molar-refractivity contribution is 5.86. The quantitative estimate of drug-likeness (QED) is 0.521. The molecule has 6 heteroatoms. The molecule has 1 heterocycles. The van der Waals surface area contributed by atoms with Crippen LogP contribution < -0.4 is 14.2 Å². The predicted octanol–water partition coefficient (Wildman–Crippen LogP) is 5.17. The third kappa shape index (κ3) is 4.51. The van der Waals surface area contributed by atoms with Crippen LogP contribution in [0.15, 0.2) is 66.7 Å². The molecule has 0 fully saturated rings. The summed E-state index contributed by atoms with van der Waals surface area (Å²) >= 11 is 0. The molecule has 0 bridgehead atoms. The van der Waals surface area contributed by atoms with E-state index in [9.17, 15) is 9.18 Å². The van der Waals surface area contributed by atoms with Gasteiger partial charge < -0.3 is 19.1 Å². The van der Waals surface area contributed by atoms with Gasteiger partial charge in [0.25, 0.3) is 5.91 Å². The van der Waals surface area contributed by atoms with Crippen molar-refractivity contribution in [3.8, 4) is 17.2 Å². The van der Waals surface area contributed by atoms with E-state index >= 15 is 0 Å². The lowest BCUT2D eigenvalue weighted by molar-refractivity contribution is -0.147. The van der Waals surface area contributed by atoms with Gasteiger partial charge in [-0.05, 0) is 73.4 Å². The normalized spacial score (nSPS) is 15.5. The first-order chi connectivity index (χ1) is 15.8. The number of amides is 1. The third-order valence-electron chi connectivity index (χ3n) is 5.95. The molecule has 0 spiro atoms. The van der Waals surface area contributed by atoms with Crippen LogP contribution in [-0.4, -0.2) is 37.2 Å². The van der Waals surface area contributed by atoms with Gasteiger partial charge in [-0.2, -0.15) is 0 Å². The van der Waals surface area contributed by atoms with E-state index in [0.29, 0.717) is 30.2 Å². The molecule has 1 unspecified atom stereocenters. The van der Waals surface area contributed by atoms with Crippen molar-refractivity contribution in [1.29, 1.82) is 0 Å². The zero-order chi connectivity index (χ0) is 23.6. The van der Waals surface area contributed by atoms with E-state index in [2.05, 4.69) is 0 Å². The molecule has 4 rings (SSSR count). The molecule has 1 atom stereocenters. The molecular formula is C27H28FNO4. The fourth-order valence-corrected chi connectivity index (χ4v) is 4.35. The number of fused-ring (bicyclic) bond motifs is 1. The molecular weight excluding hydrogens is 421 g/mol. The molecule has 1 aliphatic rings. The summed E-state index contributed by atoms with van der Waals surface area (Å²) in [4.78, 5) is 15.7. The van der Waals surface area contributed by atoms with E-state index < -0.39 is 5.60 Å². The zero-order valence-electron chi connectivity index (χ0n) is 19.3. The Morgan fingerprint density at radius 2 is 1.61 bits per heavy atom. The standard InChI is InChI=1S/C27H28FNO4/c1-27(2,33-21-12-10-20(28)11-13-21)26(30)29-15-14-19-16-23(31-3)24(32-4)17-22(19)25(29)18-8-6-5-7-9-18/h5-13,16-17,25H,14-15H2,1-4H3. The van der Waals surface area contributed by atoms with E-state index in [1.165, 1.54) is 24.3 Å². The maximum Gasteiger partial charge on any atom is 0.266 e. The second-order valence-electron chi connectivity index (χ2n) is 8.53. The molecule has 0 N–H and O–H groups in total. The van der Waals surface area contributed by atoms with E-state index in [-0.39, 0.29) is 17.8 Å². The van der Waals surface area contributed by atoms with Crippen LogP contribution >= 0.6 is 0 Å². The van der Waals surface area contributed by atoms with Gasteiger partial charge in [0.1, 0.15) is 11.6 Å². The number of ether oxygens (including phenoxy) is 3. The fraction of sp³-hybridized carbons (Fsp3) is 0.296. The molecule has 172 valence electrons. The van der Waals surface area contributed by atoms with E-state index in [4.69, 9.17) is 14.2 Å². The first kappa shape index (κ1) is 22.6. The second kappa shape index (κ2) is 9.14. The number of halogens is 1. The van der Waals surface area contributed by atoms with Gasteiger partial charge in [-0.25, -0.2) is 4.39 Å². The third-order valence-corrected chi connectivity index (χ3v) is 5.95. The van der Waals surface area contributed by atoms with Crippen LogP contribution in [0.1, 0.15) is 36.6 Å². The van der Waals surface area contributed by atoms with Crippen molar-refractivity contribution >= 4 is 5.91 Å². The Hall–Kier alpha value is -3.54. The molecule has 1 amide bonds. The van der Waals surface area contributed by atoms with Gasteiger partial charge in [-0.1, -0.05) is 30.3 Å².